The highest BCUT2D eigenvalue weighted by Gasteiger charge is 2.25. The molecule has 1 N–H and O–H groups in total. The lowest BCUT2D eigenvalue weighted by atomic mass is 9.82. The summed E-state index contributed by atoms with van der Waals surface area (Å²) in [5.74, 6) is 1.71. The van der Waals surface area contributed by atoms with Gasteiger partial charge in [-0.3, -0.25) is 0 Å². The summed E-state index contributed by atoms with van der Waals surface area (Å²) in [6.07, 6.45) is 4.87. The van der Waals surface area contributed by atoms with Gasteiger partial charge in [-0.15, -0.1) is 0 Å². The maximum absolute atomic E-state index is 5.54. The molecule has 23 heavy (non-hydrogen) atoms. The Hall–Kier alpha value is -1.80. The van der Waals surface area contributed by atoms with Crippen molar-refractivity contribution >= 4 is 0 Å². The minimum Gasteiger partial charge on any atom is -0.496 e. The molecule has 2 atom stereocenters. The Labute approximate surface area is 139 Å². The van der Waals surface area contributed by atoms with Gasteiger partial charge in [0.2, 0.25) is 0 Å². The van der Waals surface area contributed by atoms with Gasteiger partial charge in [0.15, 0.2) is 0 Å². The third-order valence-corrected chi connectivity index (χ3v) is 4.97. The molecule has 0 amide bonds. The molecule has 1 fully saturated rings. The molecule has 1 aliphatic heterocycles. The molecule has 0 unspecified atom stereocenters. The van der Waals surface area contributed by atoms with Gasteiger partial charge >= 0.3 is 0 Å². The first-order chi connectivity index (χ1) is 11.3. The van der Waals surface area contributed by atoms with Crippen molar-refractivity contribution in [2.45, 2.75) is 38.6 Å². The van der Waals surface area contributed by atoms with Gasteiger partial charge < -0.3 is 10.1 Å². The van der Waals surface area contributed by atoms with Gasteiger partial charge in [-0.1, -0.05) is 48.0 Å². The third-order valence-electron chi connectivity index (χ3n) is 4.97. The summed E-state index contributed by atoms with van der Waals surface area (Å²) in [6, 6.07) is 17.9. The molecule has 0 aromatic heterocycles. The number of benzene rings is 2. The van der Waals surface area contributed by atoms with Crippen LogP contribution in [-0.4, -0.2) is 13.7 Å². The zero-order valence-corrected chi connectivity index (χ0v) is 14.2. The molecule has 1 aliphatic rings. The molecule has 2 aromatic carbocycles. The largest absolute Gasteiger partial charge is 0.496 e. The van der Waals surface area contributed by atoms with Crippen LogP contribution >= 0.6 is 0 Å². The van der Waals surface area contributed by atoms with E-state index >= 15 is 0 Å². The Morgan fingerprint density at radius 2 is 1.96 bits per heavy atom. The minimum absolute atomic E-state index is 0.487. The lowest BCUT2D eigenvalue weighted by Gasteiger charge is -2.33. The van der Waals surface area contributed by atoms with Crippen molar-refractivity contribution in [3.63, 3.8) is 0 Å². The van der Waals surface area contributed by atoms with Gasteiger partial charge in [0.1, 0.15) is 5.75 Å². The van der Waals surface area contributed by atoms with E-state index in [1.165, 1.54) is 36.0 Å². The van der Waals surface area contributed by atoms with E-state index in [0.29, 0.717) is 12.0 Å². The van der Waals surface area contributed by atoms with Crippen LogP contribution in [-0.2, 0) is 6.42 Å². The van der Waals surface area contributed by atoms with Crippen molar-refractivity contribution in [1.29, 1.82) is 0 Å². The molecule has 0 spiro atoms. The van der Waals surface area contributed by atoms with Crippen LogP contribution in [0, 0.1) is 12.8 Å². The zero-order chi connectivity index (χ0) is 16.1. The third kappa shape index (κ3) is 3.94. The number of piperidine rings is 1. The van der Waals surface area contributed by atoms with Crippen LogP contribution in [0.15, 0.2) is 48.5 Å². The standard InChI is InChI=1S/C21H27NO/c1-16-10-13-20(23-2)19(15-16)12-11-18-9-6-14-22-21(18)17-7-4-3-5-8-17/h3-5,7-8,10,13,15,18,21-22H,6,9,11-12,14H2,1-2H3/t18-,21+/m1/s1. The predicted octanol–water partition coefficient (Wildman–Crippen LogP) is 4.68. The van der Waals surface area contributed by atoms with Crippen molar-refractivity contribution in [2.75, 3.05) is 13.7 Å². The lowest BCUT2D eigenvalue weighted by molar-refractivity contribution is 0.268. The van der Waals surface area contributed by atoms with E-state index in [-0.39, 0.29) is 0 Å². The van der Waals surface area contributed by atoms with Crippen molar-refractivity contribution in [1.82, 2.24) is 5.32 Å². The predicted molar refractivity (Wildman–Crippen MR) is 96.0 cm³/mol. The monoisotopic (exact) mass is 309 g/mol. The van der Waals surface area contributed by atoms with Crippen LogP contribution in [0.25, 0.3) is 0 Å². The average Bonchev–Trinajstić information content (AvgIpc) is 2.61. The van der Waals surface area contributed by atoms with Crippen LogP contribution < -0.4 is 10.1 Å². The van der Waals surface area contributed by atoms with Crippen LogP contribution in [0.4, 0.5) is 0 Å². The van der Waals surface area contributed by atoms with Gasteiger partial charge in [-0.2, -0.15) is 0 Å². The molecule has 0 radical (unpaired) electrons. The first-order valence-corrected chi connectivity index (χ1v) is 8.70. The summed E-state index contributed by atoms with van der Waals surface area (Å²) in [4.78, 5) is 0. The number of ether oxygens (including phenoxy) is 1. The lowest BCUT2D eigenvalue weighted by Crippen LogP contribution is -2.34. The molecule has 2 nitrogen and oxygen atoms in total. The average molecular weight is 309 g/mol. The van der Waals surface area contributed by atoms with Crippen LogP contribution in [0.3, 0.4) is 0 Å². The maximum Gasteiger partial charge on any atom is 0.122 e. The normalized spacial score (nSPS) is 21.1. The van der Waals surface area contributed by atoms with Crippen LogP contribution in [0.5, 0.6) is 5.75 Å². The highest BCUT2D eigenvalue weighted by molar-refractivity contribution is 5.37. The molecule has 0 bridgehead atoms. The van der Waals surface area contributed by atoms with E-state index in [1.54, 1.807) is 7.11 Å². The molecule has 0 aliphatic carbocycles. The second kappa shape index (κ2) is 7.65. The fourth-order valence-corrected chi connectivity index (χ4v) is 3.76. The van der Waals surface area contributed by atoms with Crippen molar-refractivity contribution < 1.29 is 4.74 Å². The molecule has 1 heterocycles. The van der Waals surface area contributed by atoms with E-state index in [9.17, 15) is 0 Å². The van der Waals surface area contributed by atoms with Crippen molar-refractivity contribution in [2.24, 2.45) is 5.92 Å². The SMILES string of the molecule is COc1ccc(C)cc1CC[C@H]1CCCN[C@H]1c1ccccc1. The number of hydrogen-bond acceptors (Lipinski definition) is 2. The highest BCUT2D eigenvalue weighted by atomic mass is 16.5. The topological polar surface area (TPSA) is 21.3 Å². The summed E-state index contributed by atoms with van der Waals surface area (Å²) in [5, 5.41) is 3.73. The highest BCUT2D eigenvalue weighted by Crippen LogP contribution is 2.33. The molecular formula is C21H27NO. The quantitative estimate of drug-likeness (QED) is 0.866. The summed E-state index contributed by atoms with van der Waals surface area (Å²) < 4.78 is 5.54. The minimum atomic E-state index is 0.487. The Kier molecular flexibility index (Phi) is 5.35. The van der Waals surface area contributed by atoms with E-state index in [0.717, 1.165) is 18.7 Å². The van der Waals surface area contributed by atoms with E-state index in [4.69, 9.17) is 4.74 Å². The molecule has 3 rings (SSSR count). The second-order valence-electron chi connectivity index (χ2n) is 6.60. The number of hydrogen-bond donors (Lipinski definition) is 1. The Bertz CT molecular complexity index is 623. The molecular weight excluding hydrogens is 282 g/mol. The Balaban J connectivity index is 1.72. The number of nitrogens with one attached hydrogen (secondary N) is 1. The zero-order valence-electron chi connectivity index (χ0n) is 14.2. The summed E-state index contributed by atoms with van der Waals surface area (Å²) in [7, 11) is 1.77. The molecule has 2 heteroatoms. The summed E-state index contributed by atoms with van der Waals surface area (Å²) in [5.41, 5.74) is 4.07. The molecule has 1 saturated heterocycles. The number of rotatable bonds is 5. The van der Waals surface area contributed by atoms with E-state index < -0.39 is 0 Å². The van der Waals surface area contributed by atoms with Gasteiger partial charge in [0.25, 0.3) is 0 Å². The van der Waals surface area contributed by atoms with E-state index in [1.807, 2.05) is 0 Å². The van der Waals surface area contributed by atoms with Crippen molar-refractivity contribution in [3.05, 3.63) is 65.2 Å². The first kappa shape index (κ1) is 16.1. The van der Waals surface area contributed by atoms with Gasteiger partial charge in [-0.05, 0) is 62.3 Å². The molecule has 0 saturated carbocycles. The first-order valence-electron chi connectivity index (χ1n) is 8.70. The van der Waals surface area contributed by atoms with Crippen LogP contribution in [0.2, 0.25) is 0 Å². The summed E-state index contributed by atoms with van der Waals surface area (Å²) >= 11 is 0. The second-order valence-corrected chi connectivity index (χ2v) is 6.60. The number of aryl methyl sites for hydroxylation is 2. The maximum atomic E-state index is 5.54. The van der Waals surface area contributed by atoms with Crippen molar-refractivity contribution in [3.8, 4) is 5.75 Å². The van der Waals surface area contributed by atoms with Crippen LogP contribution in [0.1, 0.15) is 42.0 Å². The molecule has 122 valence electrons. The van der Waals surface area contributed by atoms with Gasteiger partial charge in [0.05, 0.1) is 7.11 Å². The number of methoxy groups -OCH3 is 1. The smallest absolute Gasteiger partial charge is 0.122 e. The fourth-order valence-electron chi connectivity index (χ4n) is 3.76. The van der Waals surface area contributed by atoms with E-state index in [2.05, 4.69) is 60.8 Å². The Morgan fingerprint density at radius 3 is 2.74 bits per heavy atom. The molecule has 2 aromatic rings. The summed E-state index contributed by atoms with van der Waals surface area (Å²) in [6.45, 7) is 3.28. The van der Waals surface area contributed by atoms with Gasteiger partial charge in [0, 0.05) is 6.04 Å². The Morgan fingerprint density at radius 1 is 1.13 bits per heavy atom. The fraction of sp³-hybridized carbons (Fsp3) is 0.429. The van der Waals surface area contributed by atoms with Gasteiger partial charge in [-0.25, -0.2) is 0 Å².